The van der Waals surface area contributed by atoms with Gasteiger partial charge in [-0.15, -0.1) is 3.89 Å². The van der Waals surface area contributed by atoms with E-state index in [1.807, 2.05) is 30.3 Å². The lowest BCUT2D eigenvalue weighted by Gasteiger charge is -2.01. The Morgan fingerprint density at radius 3 is 1.75 bits per heavy atom. The molecular formula is C12H9FO2S. The van der Waals surface area contributed by atoms with Gasteiger partial charge in [-0.05, 0) is 23.3 Å². The number of hydrogen-bond acceptors (Lipinski definition) is 2. The normalized spacial score (nSPS) is 11.3. The molecule has 0 saturated carbocycles. The standard InChI is InChI=1S/C12H9FO2S/c13-16(14,15)12-8-6-11(7-9-12)10-4-2-1-3-5-10/h1-9H. The predicted octanol–water partition coefficient (Wildman–Crippen LogP) is 3.01. The summed E-state index contributed by atoms with van der Waals surface area (Å²) in [4.78, 5) is -0.313. The van der Waals surface area contributed by atoms with Gasteiger partial charge in [0.15, 0.2) is 0 Å². The summed E-state index contributed by atoms with van der Waals surface area (Å²) in [7, 11) is -4.60. The molecule has 2 aromatic carbocycles. The first kappa shape index (κ1) is 10.8. The maximum absolute atomic E-state index is 12.6. The van der Waals surface area contributed by atoms with Crippen LogP contribution in [0.4, 0.5) is 3.89 Å². The van der Waals surface area contributed by atoms with Crippen molar-refractivity contribution >= 4 is 10.2 Å². The third kappa shape index (κ3) is 2.28. The van der Waals surface area contributed by atoms with Crippen LogP contribution >= 0.6 is 0 Å². The minimum Gasteiger partial charge on any atom is -0.189 e. The monoisotopic (exact) mass is 236 g/mol. The highest BCUT2D eigenvalue weighted by molar-refractivity contribution is 7.86. The molecule has 0 spiro atoms. The second-order valence-corrected chi connectivity index (χ2v) is 4.68. The summed E-state index contributed by atoms with van der Waals surface area (Å²) in [6, 6.07) is 15.2. The Kier molecular flexibility index (Phi) is 2.75. The first-order valence-corrected chi connectivity index (χ1v) is 6.06. The molecule has 0 heterocycles. The average molecular weight is 236 g/mol. The summed E-state index contributed by atoms with van der Waals surface area (Å²) >= 11 is 0. The van der Waals surface area contributed by atoms with Crippen molar-refractivity contribution in [3.8, 4) is 11.1 Å². The average Bonchev–Trinajstić information content (AvgIpc) is 2.29. The topological polar surface area (TPSA) is 34.1 Å². The van der Waals surface area contributed by atoms with Gasteiger partial charge in [0.25, 0.3) is 0 Å². The molecule has 0 aliphatic rings. The van der Waals surface area contributed by atoms with Gasteiger partial charge in [0, 0.05) is 0 Å². The van der Waals surface area contributed by atoms with E-state index in [1.54, 1.807) is 12.1 Å². The summed E-state index contributed by atoms with van der Waals surface area (Å²) in [6.45, 7) is 0. The first-order chi connectivity index (χ1) is 7.57. The third-order valence-electron chi connectivity index (χ3n) is 2.24. The summed E-state index contributed by atoms with van der Waals surface area (Å²) in [5, 5.41) is 0. The molecule has 0 aliphatic heterocycles. The van der Waals surface area contributed by atoms with Crippen molar-refractivity contribution in [2.75, 3.05) is 0 Å². The van der Waals surface area contributed by atoms with Crippen LogP contribution in [-0.2, 0) is 10.2 Å². The van der Waals surface area contributed by atoms with Crippen LogP contribution in [-0.4, -0.2) is 8.42 Å². The van der Waals surface area contributed by atoms with Crippen LogP contribution in [0.3, 0.4) is 0 Å². The van der Waals surface area contributed by atoms with E-state index in [0.29, 0.717) is 0 Å². The summed E-state index contributed by atoms with van der Waals surface area (Å²) in [5.41, 5.74) is 1.82. The van der Waals surface area contributed by atoms with Crippen LogP contribution in [0.2, 0.25) is 0 Å². The smallest absolute Gasteiger partial charge is 0.189 e. The number of hydrogen-bond donors (Lipinski definition) is 0. The molecule has 2 aromatic rings. The molecule has 0 fully saturated rings. The molecule has 4 heteroatoms. The lowest BCUT2D eigenvalue weighted by molar-refractivity contribution is 0.552. The zero-order valence-corrected chi connectivity index (χ0v) is 9.12. The Labute approximate surface area is 93.6 Å². The fourth-order valence-electron chi connectivity index (χ4n) is 1.44. The quantitative estimate of drug-likeness (QED) is 0.751. The van der Waals surface area contributed by atoms with Crippen molar-refractivity contribution in [1.82, 2.24) is 0 Å². The van der Waals surface area contributed by atoms with E-state index in [9.17, 15) is 12.3 Å². The van der Waals surface area contributed by atoms with Gasteiger partial charge < -0.3 is 0 Å². The molecule has 2 rings (SSSR count). The molecule has 0 aromatic heterocycles. The fourth-order valence-corrected chi connectivity index (χ4v) is 1.90. The Balaban J connectivity index is 2.41. The maximum Gasteiger partial charge on any atom is 0.332 e. The number of benzene rings is 2. The Morgan fingerprint density at radius 2 is 1.25 bits per heavy atom. The number of rotatable bonds is 2. The Morgan fingerprint density at radius 1 is 0.750 bits per heavy atom. The minimum atomic E-state index is -4.60. The zero-order valence-electron chi connectivity index (χ0n) is 8.30. The SMILES string of the molecule is O=S(=O)(F)c1ccc(-c2ccccc2)cc1. The Hall–Kier alpha value is -1.68. The second-order valence-electron chi connectivity index (χ2n) is 3.33. The minimum absolute atomic E-state index is 0.313. The molecule has 0 saturated heterocycles. The van der Waals surface area contributed by atoms with E-state index >= 15 is 0 Å². The largest absolute Gasteiger partial charge is 0.332 e. The van der Waals surface area contributed by atoms with Gasteiger partial charge in [-0.1, -0.05) is 42.5 Å². The highest BCUT2D eigenvalue weighted by Crippen LogP contribution is 2.21. The molecule has 0 N–H and O–H groups in total. The molecule has 82 valence electrons. The molecule has 0 aliphatic carbocycles. The van der Waals surface area contributed by atoms with Crippen LogP contribution in [0.1, 0.15) is 0 Å². The zero-order chi connectivity index (χ0) is 11.6. The summed E-state index contributed by atoms with van der Waals surface area (Å²) in [6.07, 6.45) is 0. The molecule has 0 amide bonds. The van der Waals surface area contributed by atoms with Gasteiger partial charge in [-0.2, -0.15) is 8.42 Å². The molecule has 2 nitrogen and oxygen atoms in total. The third-order valence-corrected chi connectivity index (χ3v) is 3.08. The fraction of sp³-hybridized carbons (Fsp3) is 0. The lowest BCUT2D eigenvalue weighted by Crippen LogP contribution is -1.91. The van der Waals surface area contributed by atoms with Gasteiger partial charge in [0.2, 0.25) is 0 Å². The highest BCUT2D eigenvalue weighted by atomic mass is 32.3. The van der Waals surface area contributed by atoms with Crippen LogP contribution in [0.25, 0.3) is 11.1 Å². The Bertz CT molecular complexity index is 574. The second kappa shape index (κ2) is 4.06. The van der Waals surface area contributed by atoms with Gasteiger partial charge in [-0.3, -0.25) is 0 Å². The molecular weight excluding hydrogens is 227 g/mol. The van der Waals surface area contributed by atoms with E-state index in [1.165, 1.54) is 12.1 Å². The molecule has 16 heavy (non-hydrogen) atoms. The van der Waals surface area contributed by atoms with Crippen molar-refractivity contribution in [2.24, 2.45) is 0 Å². The summed E-state index contributed by atoms with van der Waals surface area (Å²) in [5.74, 6) is 0. The molecule has 0 bridgehead atoms. The van der Waals surface area contributed by atoms with Crippen molar-refractivity contribution in [3.05, 3.63) is 54.6 Å². The van der Waals surface area contributed by atoms with Crippen LogP contribution in [0.5, 0.6) is 0 Å². The predicted molar refractivity (Wildman–Crippen MR) is 60.2 cm³/mol. The highest BCUT2D eigenvalue weighted by Gasteiger charge is 2.10. The van der Waals surface area contributed by atoms with Crippen molar-refractivity contribution < 1.29 is 12.3 Å². The van der Waals surface area contributed by atoms with E-state index in [0.717, 1.165) is 11.1 Å². The van der Waals surface area contributed by atoms with Gasteiger partial charge in [0.05, 0.1) is 4.90 Å². The van der Waals surface area contributed by atoms with Crippen molar-refractivity contribution in [3.63, 3.8) is 0 Å². The van der Waals surface area contributed by atoms with E-state index < -0.39 is 10.2 Å². The van der Waals surface area contributed by atoms with E-state index in [-0.39, 0.29) is 4.90 Å². The van der Waals surface area contributed by atoms with E-state index in [2.05, 4.69) is 0 Å². The maximum atomic E-state index is 12.6. The molecule has 0 atom stereocenters. The van der Waals surface area contributed by atoms with Crippen LogP contribution in [0.15, 0.2) is 59.5 Å². The van der Waals surface area contributed by atoms with Gasteiger partial charge in [0.1, 0.15) is 0 Å². The van der Waals surface area contributed by atoms with E-state index in [4.69, 9.17) is 0 Å². The first-order valence-electron chi connectivity index (χ1n) is 4.67. The summed E-state index contributed by atoms with van der Waals surface area (Å²) < 4.78 is 33.9. The lowest BCUT2D eigenvalue weighted by atomic mass is 10.1. The van der Waals surface area contributed by atoms with Crippen molar-refractivity contribution in [1.29, 1.82) is 0 Å². The van der Waals surface area contributed by atoms with Crippen LogP contribution < -0.4 is 0 Å². The van der Waals surface area contributed by atoms with Crippen molar-refractivity contribution in [2.45, 2.75) is 4.90 Å². The van der Waals surface area contributed by atoms with Gasteiger partial charge in [-0.25, -0.2) is 0 Å². The van der Waals surface area contributed by atoms with Crippen LogP contribution in [0, 0.1) is 0 Å². The molecule has 0 unspecified atom stereocenters. The van der Waals surface area contributed by atoms with Gasteiger partial charge >= 0.3 is 10.2 Å². The molecule has 0 radical (unpaired) electrons. The number of halogens is 1.